The zero-order chi connectivity index (χ0) is 18.8. The summed E-state index contributed by atoms with van der Waals surface area (Å²) in [5.74, 6) is -0.321. The highest BCUT2D eigenvalue weighted by Crippen LogP contribution is 2.24. The van der Waals surface area contributed by atoms with E-state index in [2.05, 4.69) is 5.10 Å². The van der Waals surface area contributed by atoms with Gasteiger partial charge in [-0.15, -0.1) is 0 Å². The van der Waals surface area contributed by atoms with Crippen LogP contribution in [0.3, 0.4) is 0 Å². The Kier molecular flexibility index (Phi) is 5.32. The first-order valence-electron chi connectivity index (χ1n) is 8.61. The van der Waals surface area contributed by atoms with Crippen LogP contribution in [0.4, 0.5) is 0 Å². The van der Waals surface area contributed by atoms with Gasteiger partial charge in [-0.2, -0.15) is 5.10 Å². The van der Waals surface area contributed by atoms with Crippen LogP contribution in [0.5, 0.6) is 0 Å². The maximum atomic E-state index is 12.7. The molecular formula is C19H22ClN3O3. The van der Waals surface area contributed by atoms with Crippen LogP contribution >= 0.6 is 11.6 Å². The Balaban J connectivity index is 1.70. The average Bonchev–Trinajstić information content (AvgIpc) is 2.94. The fourth-order valence-electron chi connectivity index (χ4n) is 3.29. The molecule has 0 aliphatic carbocycles. The summed E-state index contributed by atoms with van der Waals surface area (Å²) in [6, 6.07) is 7.33. The molecule has 0 bridgehead atoms. The number of aryl methyl sites for hydroxylation is 1. The van der Waals surface area contributed by atoms with E-state index in [9.17, 15) is 9.59 Å². The van der Waals surface area contributed by atoms with E-state index in [0.717, 1.165) is 17.1 Å². The Labute approximate surface area is 157 Å². The number of halogens is 1. The molecule has 1 amide bonds. The maximum Gasteiger partial charge on any atom is 0.308 e. The van der Waals surface area contributed by atoms with Gasteiger partial charge in [0, 0.05) is 18.7 Å². The fraction of sp³-hybridized carbons (Fsp3) is 0.421. The lowest BCUT2D eigenvalue weighted by atomic mass is 9.96. The molecule has 0 radical (unpaired) electrons. The number of methoxy groups -OCH3 is 1. The van der Waals surface area contributed by atoms with Crippen LogP contribution in [0.2, 0.25) is 5.02 Å². The molecule has 2 heterocycles. The summed E-state index contributed by atoms with van der Waals surface area (Å²) in [5, 5.41) is 5.07. The summed E-state index contributed by atoms with van der Waals surface area (Å²) in [6.07, 6.45) is 1.28. The topological polar surface area (TPSA) is 64.4 Å². The summed E-state index contributed by atoms with van der Waals surface area (Å²) in [4.78, 5) is 26.1. The van der Waals surface area contributed by atoms with Crippen molar-refractivity contribution in [3.63, 3.8) is 0 Å². The van der Waals surface area contributed by atoms with Gasteiger partial charge in [0.1, 0.15) is 0 Å². The first kappa shape index (κ1) is 18.5. The number of carbonyl (C=O) groups excluding carboxylic acids is 2. The SMILES string of the molecule is COC(=O)C1CCN(C(=O)c2ccc(-n3nc(C)c(Cl)c3C)cc2)CC1. The van der Waals surface area contributed by atoms with Gasteiger partial charge in [0.15, 0.2) is 0 Å². The predicted octanol–water partition coefficient (Wildman–Crippen LogP) is 3.17. The lowest BCUT2D eigenvalue weighted by Crippen LogP contribution is -2.40. The highest BCUT2D eigenvalue weighted by molar-refractivity contribution is 6.31. The second-order valence-electron chi connectivity index (χ2n) is 6.53. The summed E-state index contributed by atoms with van der Waals surface area (Å²) in [6.45, 7) is 4.90. The number of piperidine rings is 1. The van der Waals surface area contributed by atoms with Crippen LogP contribution in [0.15, 0.2) is 24.3 Å². The molecule has 0 saturated carbocycles. The number of rotatable bonds is 3. The molecule has 1 fully saturated rings. The minimum atomic E-state index is -0.190. The lowest BCUT2D eigenvalue weighted by molar-refractivity contribution is -0.146. The predicted molar refractivity (Wildman–Crippen MR) is 98.7 cm³/mol. The first-order valence-corrected chi connectivity index (χ1v) is 8.99. The van der Waals surface area contributed by atoms with Crippen molar-refractivity contribution in [1.29, 1.82) is 0 Å². The van der Waals surface area contributed by atoms with Crippen LogP contribution in [0.25, 0.3) is 5.69 Å². The Morgan fingerprint density at radius 2 is 1.77 bits per heavy atom. The number of likely N-dealkylation sites (tertiary alicyclic amines) is 1. The summed E-state index contributed by atoms with van der Waals surface area (Å²) in [7, 11) is 1.40. The lowest BCUT2D eigenvalue weighted by Gasteiger charge is -2.30. The normalized spacial score (nSPS) is 15.2. The van der Waals surface area contributed by atoms with Crippen molar-refractivity contribution in [3.8, 4) is 5.69 Å². The Bertz CT molecular complexity index is 821. The largest absolute Gasteiger partial charge is 0.469 e. The van der Waals surface area contributed by atoms with E-state index in [0.29, 0.717) is 36.5 Å². The number of amides is 1. The van der Waals surface area contributed by atoms with Crippen LogP contribution in [-0.4, -0.2) is 46.8 Å². The molecule has 0 spiro atoms. The first-order chi connectivity index (χ1) is 12.4. The maximum absolute atomic E-state index is 12.7. The molecule has 2 aromatic rings. The second-order valence-corrected chi connectivity index (χ2v) is 6.91. The van der Waals surface area contributed by atoms with E-state index in [4.69, 9.17) is 16.3 Å². The number of benzene rings is 1. The molecular weight excluding hydrogens is 354 g/mol. The van der Waals surface area contributed by atoms with Gasteiger partial charge < -0.3 is 9.64 Å². The molecule has 26 heavy (non-hydrogen) atoms. The fourth-order valence-corrected chi connectivity index (χ4v) is 3.41. The number of ether oxygens (including phenoxy) is 1. The molecule has 0 unspecified atom stereocenters. The van der Waals surface area contributed by atoms with Crippen molar-refractivity contribution in [3.05, 3.63) is 46.2 Å². The molecule has 1 aromatic heterocycles. The number of hydrogen-bond acceptors (Lipinski definition) is 4. The van der Waals surface area contributed by atoms with Gasteiger partial charge in [0.05, 0.1) is 35.1 Å². The molecule has 6 nitrogen and oxygen atoms in total. The van der Waals surface area contributed by atoms with Crippen molar-refractivity contribution < 1.29 is 14.3 Å². The standard InChI is InChI=1S/C19H22ClN3O3/c1-12-17(20)13(2)23(21-12)16-6-4-14(5-7-16)18(24)22-10-8-15(9-11-22)19(25)26-3/h4-7,15H,8-11H2,1-3H3. The van der Waals surface area contributed by atoms with Crippen LogP contribution in [0.1, 0.15) is 34.6 Å². The third-order valence-electron chi connectivity index (χ3n) is 4.88. The number of esters is 1. The van der Waals surface area contributed by atoms with Crippen molar-refractivity contribution in [1.82, 2.24) is 14.7 Å². The van der Waals surface area contributed by atoms with E-state index >= 15 is 0 Å². The number of carbonyl (C=O) groups is 2. The third kappa shape index (κ3) is 3.46. The zero-order valence-corrected chi connectivity index (χ0v) is 15.9. The van der Waals surface area contributed by atoms with Crippen molar-refractivity contribution in [2.24, 2.45) is 5.92 Å². The summed E-state index contributed by atoms with van der Waals surface area (Å²) in [5.41, 5.74) is 3.13. The van der Waals surface area contributed by atoms with E-state index in [-0.39, 0.29) is 17.8 Å². The molecule has 0 atom stereocenters. The van der Waals surface area contributed by atoms with E-state index in [1.54, 1.807) is 21.7 Å². The number of nitrogens with zero attached hydrogens (tertiary/aromatic N) is 3. The van der Waals surface area contributed by atoms with E-state index < -0.39 is 0 Å². The summed E-state index contributed by atoms with van der Waals surface area (Å²) >= 11 is 6.20. The molecule has 0 N–H and O–H groups in total. The van der Waals surface area contributed by atoms with Gasteiger partial charge in [0.2, 0.25) is 0 Å². The zero-order valence-electron chi connectivity index (χ0n) is 15.2. The minimum Gasteiger partial charge on any atom is -0.469 e. The second kappa shape index (κ2) is 7.50. The molecule has 1 aliphatic heterocycles. The highest BCUT2D eigenvalue weighted by atomic mass is 35.5. The van der Waals surface area contributed by atoms with Crippen LogP contribution in [-0.2, 0) is 9.53 Å². The van der Waals surface area contributed by atoms with Crippen LogP contribution < -0.4 is 0 Å². The highest BCUT2D eigenvalue weighted by Gasteiger charge is 2.28. The Hall–Kier alpha value is -2.34. The van der Waals surface area contributed by atoms with Gasteiger partial charge in [-0.1, -0.05) is 11.6 Å². The number of hydrogen-bond donors (Lipinski definition) is 0. The monoisotopic (exact) mass is 375 g/mol. The van der Waals surface area contributed by atoms with Gasteiger partial charge in [-0.05, 0) is 51.0 Å². The molecule has 1 aromatic carbocycles. The summed E-state index contributed by atoms with van der Waals surface area (Å²) < 4.78 is 6.56. The Morgan fingerprint density at radius 1 is 1.15 bits per heavy atom. The van der Waals surface area contributed by atoms with Crippen molar-refractivity contribution in [2.45, 2.75) is 26.7 Å². The number of aromatic nitrogens is 2. The molecule has 1 aliphatic rings. The molecule has 3 rings (SSSR count). The van der Waals surface area contributed by atoms with Crippen LogP contribution in [0, 0.1) is 19.8 Å². The average molecular weight is 376 g/mol. The Morgan fingerprint density at radius 3 is 2.27 bits per heavy atom. The van der Waals surface area contributed by atoms with Crippen molar-refractivity contribution >= 4 is 23.5 Å². The van der Waals surface area contributed by atoms with Gasteiger partial charge in [0.25, 0.3) is 5.91 Å². The van der Waals surface area contributed by atoms with Gasteiger partial charge >= 0.3 is 5.97 Å². The van der Waals surface area contributed by atoms with Gasteiger partial charge in [-0.3, -0.25) is 9.59 Å². The molecule has 7 heteroatoms. The van der Waals surface area contributed by atoms with Crippen molar-refractivity contribution in [2.75, 3.05) is 20.2 Å². The quantitative estimate of drug-likeness (QED) is 0.773. The van der Waals surface area contributed by atoms with Gasteiger partial charge in [-0.25, -0.2) is 4.68 Å². The van der Waals surface area contributed by atoms with E-state index in [1.807, 2.05) is 26.0 Å². The minimum absolute atomic E-state index is 0.0220. The smallest absolute Gasteiger partial charge is 0.308 e. The third-order valence-corrected chi connectivity index (χ3v) is 5.43. The molecule has 138 valence electrons. The van der Waals surface area contributed by atoms with E-state index in [1.165, 1.54) is 7.11 Å². The molecule has 1 saturated heterocycles.